The molecule has 1 amide bonds. The minimum absolute atomic E-state index is 0.111. The molecule has 0 aromatic rings. The standard InChI is InChI=1S/C15H30N2O4/c1-3-5-7-16-13(19)9-11-14(20)15(21)12(10-18)17(11)8-6-4-2/h11-12,14-15,18,20-21H,3-10H2,1-2H3,(H,16,19)/t11-,12-,14+,15-/m1/s1. The Balaban J connectivity index is 2.64. The number of rotatable bonds is 9. The molecular weight excluding hydrogens is 272 g/mol. The van der Waals surface area contributed by atoms with Crippen LogP contribution in [0.15, 0.2) is 0 Å². The van der Waals surface area contributed by atoms with Gasteiger partial charge in [-0.15, -0.1) is 0 Å². The predicted molar refractivity (Wildman–Crippen MR) is 80.8 cm³/mol. The van der Waals surface area contributed by atoms with Gasteiger partial charge in [-0.25, -0.2) is 0 Å². The van der Waals surface area contributed by atoms with Gasteiger partial charge in [-0.1, -0.05) is 26.7 Å². The first kappa shape index (κ1) is 18.4. The minimum Gasteiger partial charge on any atom is -0.395 e. The van der Waals surface area contributed by atoms with Gasteiger partial charge in [-0.2, -0.15) is 0 Å². The lowest BCUT2D eigenvalue weighted by molar-refractivity contribution is -0.123. The quantitative estimate of drug-likeness (QED) is 0.445. The number of amides is 1. The van der Waals surface area contributed by atoms with E-state index in [4.69, 9.17) is 0 Å². The highest BCUT2D eigenvalue weighted by Crippen LogP contribution is 2.27. The van der Waals surface area contributed by atoms with E-state index in [0.29, 0.717) is 13.1 Å². The maximum absolute atomic E-state index is 11.9. The first-order chi connectivity index (χ1) is 10.1. The van der Waals surface area contributed by atoms with Crippen molar-refractivity contribution >= 4 is 5.91 Å². The molecule has 0 spiro atoms. The van der Waals surface area contributed by atoms with Gasteiger partial charge in [0, 0.05) is 19.0 Å². The second-order valence-electron chi connectivity index (χ2n) is 5.80. The smallest absolute Gasteiger partial charge is 0.221 e. The third-order valence-electron chi connectivity index (χ3n) is 4.19. The van der Waals surface area contributed by atoms with Crippen LogP contribution in [0.3, 0.4) is 0 Å². The Bertz CT molecular complexity index is 314. The normalized spacial score (nSPS) is 29.8. The summed E-state index contributed by atoms with van der Waals surface area (Å²) in [6.07, 6.45) is 2.00. The zero-order chi connectivity index (χ0) is 15.8. The third-order valence-corrected chi connectivity index (χ3v) is 4.19. The summed E-state index contributed by atoms with van der Waals surface area (Å²) in [6.45, 7) is 5.21. The van der Waals surface area contributed by atoms with E-state index in [9.17, 15) is 20.1 Å². The van der Waals surface area contributed by atoms with Crippen molar-refractivity contribution in [3.63, 3.8) is 0 Å². The summed E-state index contributed by atoms with van der Waals surface area (Å²) in [5, 5.41) is 32.5. The van der Waals surface area contributed by atoms with E-state index in [-0.39, 0.29) is 18.9 Å². The zero-order valence-electron chi connectivity index (χ0n) is 13.2. The summed E-state index contributed by atoms with van der Waals surface area (Å²) in [5.41, 5.74) is 0. The number of aliphatic hydroxyl groups excluding tert-OH is 3. The maximum atomic E-state index is 11.9. The molecule has 0 aromatic carbocycles. The Morgan fingerprint density at radius 1 is 1.10 bits per heavy atom. The number of aliphatic hydroxyl groups is 3. The average molecular weight is 302 g/mol. The van der Waals surface area contributed by atoms with Crippen molar-refractivity contribution in [1.29, 1.82) is 0 Å². The molecule has 1 aliphatic rings. The fraction of sp³-hybridized carbons (Fsp3) is 0.933. The Kier molecular flexibility index (Phi) is 8.18. The van der Waals surface area contributed by atoms with Gasteiger partial charge < -0.3 is 20.6 Å². The van der Waals surface area contributed by atoms with Crippen LogP contribution in [0.5, 0.6) is 0 Å². The summed E-state index contributed by atoms with van der Waals surface area (Å²) >= 11 is 0. The summed E-state index contributed by atoms with van der Waals surface area (Å²) in [7, 11) is 0. The van der Waals surface area contributed by atoms with Crippen LogP contribution in [-0.4, -0.2) is 70.1 Å². The van der Waals surface area contributed by atoms with Crippen LogP contribution >= 0.6 is 0 Å². The van der Waals surface area contributed by atoms with E-state index in [2.05, 4.69) is 19.2 Å². The molecule has 4 atom stereocenters. The van der Waals surface area contributed by atoms with Crippen LogP contribution < -0.4 is 5.32 Å². The van der Waals surface area contributed by atoms with Crippen LogP contribution in [0.4, 0.5) is 0 Å². The van der Waals surface area contributed by atoms with Crippen LogP contribution in [0.2, 0.25) is 0 Å². The predicted octanol–water partition coefficient (Wildman–Crippen LogP) is -0.140. The topological polar surface area (TPSA) is 93.0 Å². The molecule has 6 heteroatoms. The Morgan fingerprint density at radius 2 is 1.71 bits per heavy atom. The molecule has 1 heterocycles. The minimum atomic E-state index is -1.000. The molecule has 0 bridgehead atoms. The van der Waals surface area contributed by atoms with E-state index in [1.807, 2.05) is 4.90 Å². The molecule has 1 rings (SSSR count). The Labute approximate surface area is 127 Å². The summed E-state index contributed by atoms with van der Waals surface area (Å²) in [6, 6.07) is -0.912. The highest BCUT2D eigenvalue weighted by Gasteiger charge is 2.47. The largest absolute Gasteiger partial charge is 0.395 e. The van der Waals surface area contributed by atoms with Gasteiger partial charge in [0.05, 0.1) is 24.9 Å². The van der Waals surface area contributed by atoms with E-state index in [1.165, 1.54) is 0 Å². The molecule has 1 fully saturated rings. The van der Waals surface area contributed by atoms with Crippen molar-refractivity contribution in [2.24, 2.45) is 0 Å². The van der Waals surface area contributed by atoms with Gasteiger partial charge >= 0.3 is 0 Å². The van der Waals surface area contributed by atoms with E-state index >= 15 is 0 Å². The number of unbranched alkanes of at least 4 members (excludes halogenated alkanes) is 2. The summed E-state index contributed by atoms with van der Waals surface area (Å²) < 4.78 is 0. The molecule has 1 aliphatic heterocycles. The van der Waals surface area contributed by atoms with E-state index < -0.39 is 24.3 Å². The molecule has 1 saturated heterocycles. The molecule has 4 N–H and O–H groups in total. The lowest BCUT2D eigenvalue weighted by atomic mass is 10.1. The number of hydrogen-bond donors (Lipinski definition) is 4. The van der Waals surface area contributed by atoms with Gasteiger partial charge in [0.2, 0.25) is 5.91 Å². The number of carbonyl (C=O) groups is 1. The van der Waals surface area contributed by atoms with Gasteiger partial charge in [0.25, 0.3) is 0 Å². The zero-order valence-corrected chi connectivity index (χ0v) is 13.2. The van der Waals surface area contributed by atoms with Gasteiger partial charge in [-0.3, -0.25) is 9.69 Å². The van der Waals surface area contributed by atoms with E-state index in [1.54, 1.807) is 0 Å². The molecule has 6 nitrogen and oxygen atoms in total. The first-order valence-electron chi connectivity index (χ1n) is 8.06. The molecule has 0 saturated carbocycles. The molecule has 0 unspecified atom stereocenters. The third kappa shape index (κ3) is 4.92. The first-order valence-corrected chi connectivity index (χ1v) is 8.06. The van der Waals surface area contributed by atoms with Crippen LogP contribution in [0.1, 0.15) is 46.0 Å². The second kappa shape index (κ2) is 9.35. The lowest BCUT2D eigenvalue weighted by Gasteiger charge is -2.29. The highest BCUT2D eigenvalue weighted by molar-refractivity contribution is 5.76. The van der Waals surface area contributed by atoms with Crippen LogP contribution in [0, 0.1) is 0 Å². The van der Waals surface area contributed by atoms with Crippen molar-refractivity contribution in [1.82, 2.24) is 10.2 Å². The number of likely N-dealkylation sites (tertiary alicyclic amines) is 1. The van der Waals surface area contributed by atoms with Crippen molar-refractivity contribution in [3.05, 3.63) is 0 Å². The molecule has 0 aromatic heterocycles. The van der Waals surface area contributed by atoms with Crippen molar-refractivity contribution in [2.75, 3.05) is 19.7 Å². The lowest BCUT2D eigenvalue weighted by Crippen LogP contribution is -2.44. The fourth-order valence-electron chi connectivity index (χ4n) is 2.88. The van der Waals surface area contributed by atoms with E-state index in [0.717, 1.165) is 25.7 Å². The van der Waals surface area contributed by atoms with Crippen molar-refractivity contribution < 1.29 is 20.1 Å². The Morgan fingerprint density at radius 3 is 2.29 bits per heavy atom. The maximum Gasteiger partial charge on any atom is 0.221 e. The SMILES string of the molecule is CCCCNC(=O)C[C@@H]1[C@H](O)[C@H](O)[C@@H](CO)N1CCCC. The summed E-state index contributed by atoms with van der Waals surface area (Å²) in [4.78, 5) is 13.8. The number of nitrogens with zero attached hydrogens (tertiary/aromatic N) is 1. The average Bonchev–Trinajstić information content (AvgIpc) is 2.69. The van der Waals surface area contributed by atoms with Crippen LogP contribution in [-0.2, 0) is 4.79 Å². The monoisotopic (exact) mass is 302 g/mol. The summed E-state index contributed by atoms with van der Waals surface area (Å²) in [5.74, 6) is -0.111. The molecular formula is C15H30N2O4. The highest BCUT2D eigenvalue weighted by atomic mass is 16.3. The van der Waals surface area contributed by atoms with Crippen molar-refractivity contribution in [3.8, 4) is 0 Å². The fourth-order valence-corrected chi connectivity index (χ4v) is 2.88. The number of hydrogen-bond acceptors (Lipinski definition) is 5. The second-order valence-corrected chi connectivity index (χ2v) is 5.80. The molecule has 0 aliphatic carbocycles. The molecule has 124 valence electrons. The van der Waals surface area contributed by atoms with Crippen molar-refractivity contribution in [2.45, 2.75) is 70.2 Å². The van der Waals surface area contributed by atoms with Gasteiger partial charge in [0.15, 0.2) is 0 Å². The molecule has 0 radical (unpaired) electrons. The molecule has 21 heavy (non-hydrogen) atoms. The number of carbonyl (C=O) groups excluding carboxylic acids is 1. The van der Waals surface area contributed by atoms with Crippen LogP contribution in [0.25, 0.3) is 0 Å². The Hall–Kier alpha value is -0.690. The van der Waals surface area contributed by atoms with Gasteiger partial charge in [0.1, 0.15) is 0 Å². The van der Waals surface area contributed by atoms with Gasteiger partial charge in [-0.05, 0) is 19.4 Å². The number of nitrogens with one attached hydrogen (secondary N) is 1.